The van der Waals surface area contributed by atoms with Crippen molar-refractivity contribution in [2.24, 2.45) is 0 Å². The highest BCUT2D eigenvalue weighted by Crippen LogP contribution is 2.30. The molecule has 4 rings (SSSR count). The molecule has 7 heteroatoms. The van der Waals surface area contributed by atoms with Crippen LogP contribution in [0.15, 0.2) is 24.3 Å². The Morgan fingerprint density at radius 2 is 1.75 bits per heavy atom. The fourth-order valence-corrected chi connectivity index (χ4v) is 3.34. The minimum atomic E-state index is -0.726. The van der Waals surface area contributed by atoms with E-state index in [-0.39, 0.29) is 6.10 Å². The molecule has 24 heavy (non-hydrogen) atoms. The van der Waals surface area contributed by atoms with Gasteiger partial charge in [0.25, 0.3) is 0 Å². The van der Waals surface area contributed by atoms with Crippen LogP contribution in [0, 0.1) is 0 Å². The van der Waals surface area contributed by atoms with Crippen LogP contribution in [0.4, 0.5) is 5.95 Å². The van der Waals surface area contributed by atoms with Gasteiger partial charge in [0.1, 0.15) is 6.10 Å². The summed E-state index contributed by atoms with van der Waals surface area (Å²) < 4.78 is 6.05. The largest absolute Gasteiger partial charge is 0.474 e. The molecule has 1 aromatic heterocycles. The Bertz CT molecular complexity index is 710. The summed E-state index contributed by atoms with van der Waals surface area (Å²) in [5.74, 6) is 1.20. The minimum absolute atomic E-state index is 0.232. The number of hydrogen-bond donors (Lipinski definition) is 3. The normalized spacial score (nSPS) is 27.6. The maximum absolute atomic E-state index is 9.74. The molecule has 1 saturated heterocycles. The maximum Gasteiger partial charge on any atom is 0.229 e. The Balaban J connectivity index is 1.67. The summed E-state index contributed by atoms with van der Waals surface area (Å²) in [5, 5.41) is 23.7. The van der Waals surface area contributed by atoms with Crippen molar-refractivity contribution in [2.45, 2.75) is 31.2 Å². The Morgan fingerprint density at radius 1 is 1.04 bits per heavy atom. The van der Waals surface area contributed by atoms with E-state index in [4.69, 9.17) is 4.74 Å². The van der Waals surface area contributed by atoms with Crippen molar-refractivity contribution in [1.82, 2.24) is 15.3 Å². The van der Waals surface area contributed by atoms with Gasteiger partial charge in [0, 0.05) is 39.0 Å². The third kappa shape index (κ3) is 3.02. The number of fused-ring (bicyclic) bond motifs is 1. The number of rotatable bonds is 3. The van der Waals surface area contributed by atoms with E-state index < -0.39 is 12.2 Å². The molecule has 0 radical (unpaired) electrons. The van der Waals surface area contributed by atoms with Crippen molar-refractivity contribution in [3.05, 3.63) is 24.3 Å². The van der Waals surface area contributed by atoms with Gasteiger partial charge in [-0.1, -0.05) is 12.1 Å². The zero-order chi connectivity index (χ0) is 16.5. The third-order valence-electron chi connectivity index (χ3n) is 4.69. The lowest BCUT2D eigenvalue weighted by atomic mass is 10.2. The van der Waals surface area contributed by atoms with Crippen LogP contribution in [0.5, 0.6) is 5.88 Å². The summed E-state index contributed by atoms with van der Waals surface area (Å²) in [6.07, 6.45) is -0.846. The molecule has 128 valence electrons. The maximum atomic E-state index is 9.74. The third-order valence-corrected chi connectivity index (χ3v) is 4.69. The number of benzene rings is 1. The van der Waals surface area contributed by atoms with Crippen LogP contribution in [0.25, 0.3) is 10.9 Å². The van der Waals surface area contributed by atoms with Gasteiger partial charge in [-0.3, -0.25) is 0 Å². The minimum Gasteiger partial charge on any atom is -0.474 e. The van der Waals surface area contributed by atoms with Crippen molar-refractivity contribution in [2.75, 3.05) is 31.1 Å². The van der Waals surface area contributed by atoms with Crippen LogP contribution < -0.4 is 15.0 Å². The number of para-hydroxylation sites is 1. The Hall–Kier alpha value is -1.96. The number of nitrogens with zero attached hydrogens (tertiary/aromatic N) is 3. The zero-order valence-electron chi connectivity index (χ0n) is 13.4. The van der Waals surface area contributed by atoms with E-state index in [2.05, 4.69) is 20.2 Å². The molecule has 1 unspecified atom stereocenters. The van der Waals surface area contributed by atoms with E-state index >= 15 is 0 Å². The zero-order valence-corrected chi connectivity index (χ0v) is 13.4. The lowest BCUT2D eigenvalue weighted by molar-refractivity contribution is 0.0438. The molecule has 3 atom stereocenters. The van der Waals surface area contributed by atoms with Gasteiger partial charge in [-0.25, -0.2) is 4.98 Å². The molecule has 0 spiro atoms. The summed E-state index contributed by atoms with van der Waals surface area (Å²) >= 11 is 0. The first kappa shape index (κ1) is 15.6. The molecule has 2 aliphatic rings. The average Bonchev–Trinajstić information content (AvgIpc) is 2.93. The molecule has 3 N–H and O–H groups in total. The van der Waals surface area contributed by atoms with E-state index in [1.165, 1.54) is 0 Å². The van der Waals surface area contributed by atoms with Gasteiger partial charge < -0.3 is 25.2 Å². The molecular formula is C17H22N4O3. The number of aliphatic hydroxyl groups excluding tert-OH is 2. The summed E-state index contributed by atoms with van der Waals surface area (Å²) in [6, 6.07) is 7.77. The van der Waals surface area contributed by atoms with Crippen LogP contribution in [0.3, 0.4) is 0 Å². The van der Waals surface area contributed by atoms with E-state index in [9.17, 15) is 10.2 Å². The summed E-state index contributed by atoms with van der Waals surface area (Å²) in [6.45, 7) is 3.54. The van der Waals surface area contributed by atoms with Crippen molar-refractivity contribution < 1.29 is 14.9 Å². The number of nitrogens with one attached hydrogen (secondary N) is 1. The predicted octanol–water partition coefficient (Wildman–Crippen LogP) is 0.302. The van der Waals surface area contributed by atoms with Gasteiger partial charge in [0.15, 0.2) is 0 Å². The van der Waals surface area contributed by atoms with Crippen LogP contribution in [0.1, 0.15) is 12.8 Å². The number of hydrogen-bond acceptors (Lipinski definition) is 7. The monoisotopic (exact) mass is 330 g/mol. The first-order valence-electron chi connectivity index (χ1n) is 8.46. The van der Waals surface area contributed by atoms with Crippen LogP contribution in [-0.2, 0) is 0 Å². The Morgan fingerprint density at radius 3 is 2.50 bits per heavy atom. The fraction of sp³-hybridized carbons (Fsp3) is 0.529. The van der Waals surface area contributed by atoms with E-state index in [0.29, 0.717) is 24.7 Å². The molecule has 1 aliphatic heterocycles. The molecule has 1 aromatic carbocycles. The first-order valence-corrected chi connectivity index (χ1v) is 8.46. The molecular weight excluding hydrogens is 308 g/mol. The average molecular weight is 330 g/mol. The molecule has 1 aliphatic carbocycles. The molecule has 2 heterocycles. The highest BCUT2D eigenvalue weighted by atomic mass is 16.5. The standard InChI is InChI=1S/C17H22N4O3/c22-14-9-11(10-15(14)23)24-16-12-3-1-2-4-13(12)19-17(20-16)21-7-5-18-6-8-21/h1-4,11,14-15,18,22-23H,5-10H2/t11?,14-,15+. The van der Waals surface area contributed by atoms with Crippen molar-refractivity contribution in [3.63, 3.8) is 0 Å². The Kier molecular flexibility index (Phi) is 4.22. The van der Waals surface area contributed by atoms with Crippen molar-refractivity contribution in [1.29, 1.82) is 0 Å². The summed E-state index contributed by atoms with van der Waals surface area (Å²) in [5.41, 5.74) is 0.843. The summed E-state index contributed by atoms with van der Waals surface area (Å²) in [4.78, 5) is 11.5. The van der Waals surface area contributed by atoms with Crippen LogP contribution >= 0.6 is 0 Å². The molecule has 2 fully saturated rings. The SMILES string of the molecule is O[C@@H]1CC(Oc2nc(N3CCNCC3)nc3ccccc23)C[C@@H]1O. The smallest absolute Gasteiger partial charge is 0.229 e. The lowest BCUT2D eigenvalue weighted by Crippen LogP contribution is -2.44. The van der Waals surface area contributed by atoms with Crippen molar-refractivity contribution in [3.8, 4) is 5.88 Å². The van der Waals surface area contributed by atoms with Gasteiger partial charge in [0.2, 0.25) is 11.8 Å². The van der Waals surface area contributed by atoms with Crippen LogP contribution in [0.2, 0.25) is 0 Å². The van der Waals surface area contributed by atoms with E-state index in [1.54, 1.807) is 0 Å². The van der Waals surface area contributed by atoms with E-state index in [1.807, 2.05) is 24.3 Å². The lowest BCUT2D eigenvalue weighted by Gasteiger charge is -2.28. The number of aromatic nitrogens is 2. The molecule has 2 aromatic rings. The van der Waals surface area contributed by atoms with Gasteiger partial charge in [0.05, 0.1) is 23.1 Å². The van der Waals surface area contributed by atoms with Gasteiger partial charge >= 0.3 is 0 Å². The van der Waals surface area contributed by atoms with Gasteiger partial charge in [-0.05, 0) is 12.1 Å². The second-order valence-electron chi connectivity index (χ2n) is 6.43. The topological polar surface area (TPSA) is 90.7 Å². The van der Waals surface area contributed by atoms with Crippen molar-refractivity contribution >= 4 is 16.9 Å². The number of ether oxygens (including phenoxy) is 1. The highest BCUT2D eigenvalue weighted by molar-refractivity contribution is 5.84. The molecule has 7 nitrogen and oxygen atoms in total. The molecule has 1 saturated carbocycles. The Labute approximate surface area is 140 Å². The predicted molar refractivity (Wildman–Crippen MR) is 90.3 cm³/mol. The van der Waals surface area contributed by atoms with Gasteiger partial charge in [-0.2, -0.15) is 4.98 Å². The number of aliphatic hydroxyl groups is 2. The van der Waals surface area contributed by atoms with Crippen LogP contribution in [-0.4, -0.2) is 64.7 Å². The van der Waals surface area contributed by atoms with E-state index in [0.717, 1.165) is 37.1 Å². The second kappa shape index (κ2) is 6.51. The highest BCUT2D eigenvalue weighted by Gasteiger charge is 2.33. The quantitative estimate of drug-likeness (QED) is 0.746. The second-order valence-corrected chi connectivity index (χ2v) is 6.43. The first-order chi connectivity index (χ1) is 11.7. The van der Waals surface area contributed by atoms with Gasteiger partial charge in [-0.15, -0.1) is 0 Å². The number of piperazine rings is 1. The number of anilines is 1. The summed E-state index contributed by atoms with van der Waals surface area (Å²) in [7, 11) is 0. The fourth-order valence-electron chi connectivity index (χ4n) is 3.34. The molecule has 0 bridgehead atoms. The molecule has 0 amide bonds.